The molecule has 0 saturated heterocycles. The first kappa shape index (κ1) is 11.2. The molecule has 0 unspecified atom stereocenters. The van der Waals surface area contributed by atoms with Crippen molar-refractivity contribution < 1.29 is 0 Å². The van der Waals surface area contributed by atoms with E-state index in [1.165, 1.54) is 0 Å². The lowest BCUT2D eigenvalue weighted by atomic mass is 10.2. The van der Waals surface area contributed by atoms with Crippen LogP contribution in [0, 0.1) is 0 Å². The molecule has 0 fully saturated rings. The maximum atomic E-state index is 2.49. The van der Waals surface area contributed by atoms with Crippen LogP contribution in [0.25, 0.3) is 0 Å². The van der Waals surface area contributed by atoms with Crippen LogP contribution in [0.3, 0.4) is 0 Å². The first-order valence-corrected chi connectivity index (χ1v) is 7.50. The van der Waals surface area contributed by atoms with Crippen molar-refractivity contribution in [3.63, 3.8) is 0 Å². The SMILES string of the molecule is CC(C)(C)[Si](C)(C)C(C)(C)C. The highest BCUT2D eigenvalue weighted by atomic mass is 28.3. The monoisotopic (exact) mass is 172 g/mol. The van der Waals surface area contributed by atoms with Gasteiger partial charge in [-0.05, 0) is 10.1 Å². The molecule has 11 heavy (non-hydrogen) atoms. The van der Waals surface area contributed by atoms with Crippen molar-refractivity contribution in [2.75, 3.05) is 0 Å². The molecule has 1 heteroatoms. The fraction of sp³-hybridized carbons (Fsp3) is 1.00. The van der Waals surface area contributed by atoms with E-state index >= 15 is 0 Å². The van der Waals surface area contributed by atoms with Crippen LogP contribution in [-0.2, 0) is 0 Å². The zero-order valence-electron chi connectivity index (χ0n) is 9.50. The zero-order valence-corrected chi connectivity index (χ0v) is 10.5. The number of rotatable bonds is 0. The molecule has 0 amide bonds. The van der Waals surface area contributed by atoms with Gasteiger partial charge in [0, 0.05) is 0 Å². The molecular formula is C10H24Si. The van der Waals surface area contributed by atoms with Crippen molar-refractivity contribution in [2.24, 2.45) is 0 Å². The first-order chi connectivity index (χ1) is 4.50. The van der Waals surface area contributed by atoms with Gasteiger partial charge in [0.25, 0.3) is 0 Å². The van der Waals surface area contributed by atoms with Crippen molar-refractivity contribution in [2.45, 2.75) is 64.7 Å². The Morgan fingerprint density at radius 2 is 0.818 bits per heavy atom. The van der Waals surface area contributed by atoms with Gasteiger partial charge in [-0.1, -0.05) is 54.6 Å². The minimum absolute atomic E-state index is 0.519. The summed E-state index contributed by atoms with van der Waals surface area (Å²) < 4.78 is 0. The van der Waals surface area contributed by atoms with E-state index in [0.717, 1.165) is 0 Å². The van der Waals surface area contributed by atoms with E-state index in [1.807, 2.05) is 0 Å². The van der Waals surface area contributed by atoms with Gasteiger partial charge in [0.15, 0.2) is 0 Å². The van der Waals surface area contributed by atoms with Gasteiger partial charge in [-0.15, -0.1) is 0 Å². The van der Waals surface area contributed by atoms with Gasteiger partial charge < -0.3 is 0 Å². The van der Waals surface area contributed by atoms with Gasteiger partial charge in [-0.2, -0.15) is 0 Å². The molecule has 68 valence electrons. The van der Waals surface area contributed by atoms with E-state index in [0.29, 0.717) is 10.1 Å². The smallest absolute Gasteiger partial charge is 0.0581 e. The Labute approximate surface area is 73.4 Å². The highest BCUT2D eigenvalue weighted by molar-refractivity contribution is 6.82. The Morgan fingerprint density at radius 1 is 0.636 bits per heavy atom. The summed E-state index contributed by atoms with van der Waals surface area (Å²) in [6.07, 6.45) is 0. The van der Waals surface area contributed by atoms with Crippen molar-refractivity contribution in [3.8, 4) is 0 Å². The third-order valence-corrected chi connectivity index (χ3v) is 11.2. The molecule has 0 atom stereocenters. The molecule has 0 radical (unpaired) electrons. The van der Waals surface area contributed by atoms with Crippen molar-refractivity contribution >= 4 is 8.07 Å². The van der Waals surface area contributed by atoms with Crippen LogP contribution in [0.2, 0.25) is 23.2 Å². The van der Waals surface area contributed by atoms with Crippen molar-refractivity contribution in [1.82, 2.24) is 0 Å². The molecular weight excluding hydrogens is 148 g/mol. The largest absolute Gasteiger partial charge is 0.0686 e. The third-order valence-electron chi connectivity index (χ3n) is 3.75. The minimum atomic E-state index is -1.11. The van der Waals surface area contributed by atoms with E-state index < -0.39 is 8.07 Å². The number of hydrogen-bond donors (Lipinski definition) is 0. The molecule has 0 rings (SSSR count). The highest BCUT2D eigenvalue weighted by Crippen LogP contribution is 2.50. The molecule has 0 nitrogen and oxygen atoms in total. The Morgan fingerprint density at radius 3 is 0.818 bits per heavy atom. The summed E-state index contributed by atoms with van der Waals surface area (Å²) in [5.41, 5.74) is 0. The first-order valence-electron chi connectivity index (χ1n) is 4.50. The normalized spacial score (nSPS) is 15.3. The Kier molecular flexibility index (Phi) is 2.67. The van der Waals surface area contributed by atoms with Crippen LogP contribution < -0.4 is 0 Å². The average Bonchev–Trinajstić information content (AvgIpc) is 1.58. The highest BCUT2D eigenvalue weighted by Gasteiger charge is 2.44. The summed E-state index contributed by atoms with van der Waals surface area (Å²) in [4.78, 5) is 0. The molecule has 0 aliphatic rings. The standard InChI is InChI=1S/C10H24Si/c1-9(2,3)11(7,8)10(4,5)6/h1-8H3. The molecule has 0 spiro atoms. The van der Waals surface area contributed by atoms with Crippen LogP contribution in [0.1, 0.15) is 41.5 Å². The molecule has 0 bridgehead atoms. The van der Waals surface area contributed by atoms with E-state index in [9.17, 15) is 0 Å². The Bertz CT molecular complexity index is 116. The lowest BCUT2D eigenvalue weighted by Gasteiger charge is -2.47. The fourth-order valence-electron chi connectivity index (χ4n) is 1.12. The van der Waals surface area contributed by atoms with Gasteiger partial charge in [0.2, 0.25) is 0 Å². The van der Waals surface area contributed by atoms with Crippen LogP contribution in [0.5, 0.6) is 0 Å². The fourth-order valence-corrected chi connectivity index (χ4v) is 3.38. The second kappa shape index (κ2) is 2.62. The molecule has 0 aliphatic carbocycles. The van der Waals surface area contributed by atoms with E-state index in [4.69, 9.17) is 0 Å². The van der Waals surface area contributed by atoms with Crippen LogP contribution in [0.15, 0.2) is 0 Å². The second-order valence-corrected chi connectivity index (χ2v) is 12.4. The summed E-state index contributed by atoms with van der Waals surface area (Å²) in [7, 11) is -1.11. The van der Waals surface area contributed by atoms with Crippen LogP contribution in [-0.4, -0.2) is 8.07 Å². The summed E-state index contributed by atoms with van der Waals surface area (Å²) >= 11 is 0. The third kappa shape index (κ3) is 2.08. The van der Waals surface area contributed by atoms with E-state index in [1.54, 1.807) is 0 Å². The van der Waals surface area contributed by atoms with Gasteiger partial charge in [0.1, 0.15) is 0 Å². The maximum Gasteiger partial charge on any atom is 0.0581 e. The Hall–Kier alpha value is 0.217. The van der Waals surface area contributed by atoms with Crippen LogP contribution >= 0.6 is 0 Å². The second-order valence-electron chi connectivity index (χ2n) is 6.12. The predicted octanol–water partition coefficient (Wildman–Crippen LogP) is 4.30. The average molecular weight is 172 g/mol. The molecule has 0 N–H and O–H groups in total. The Balaban J connectivity index is 4.75. The lowest BCUT2D eigenvalue weighted by Crippen LogP contribution is -2.45. The molecule has 0 heterocycles. The molecule has 0 saturated carbocycles. The summed E-state index contributed by atoms with van der Waals surface area (Å²) in [5.74, 6) is 0. The lowest BCUT2D eigenvalue weighted by molar-refractivity contribution is 0.622. The minimum Gasteiger partial charge on any atom is -0.0686 e. The van der Waals surface area contributed by atoms with E-state index in [-0.39, 0.29) is 0 Å². The van der Waals surface area contributed by atoms with Gasteiger partial charge >= 0.3 is 0 Å². The topological polar surface area (TPSA) is 0 Å². The number of hydrogen-bond acceptors (Lipinski definition) is 0. The van der Waals surface area contributed by atoms with E-state index in [2.05, 4.69) is 54.6 Å². The van der Waals surface area contributed by atoms with Crippen molar-refractivity contribution in [1.29, 1.82) is 0 Å². The van der Waals surface area contributed by atoms with Gasteiger partial charge in [0.05, 0.1) is 8.07 Å². The maximum absolute atomic E-state index is 2.49. The summed E-state index contributed by atoms with van der Waals surface area (Å²) in [5, 5.41) is 1.04. The van der Waals surface area contributed by atoms with Gasteiger partial charge in [-0.3, -0.25) is 0 Å². The van der Waals surface area contributed by atoms with Crippen LogP contribution in [0.4, 0.5) is 0 Å². The van der Waals surface area contributed by atoms with Gasteiger partial charge in [-0.25, -0.2) is 0 Å². The van der Waals surface area contributed by atoms with Crippen molar-refractivity contribution in [3.05, 3.63) is 0 Å². The predicted molar refractivity (Wildman–Crippen MR) is 56.9 cm³/mol. The molecule has 0 aliphatic heterocycles. The molecule has 0 aromatic heterocycles. The summed E-state index contributed by atoms with van der Waals surface area (Å²) in [6.45, 7) is 19.3. The zero-order chi connectivity index (χ0) is 9.50. The summed E-state index contributed by atoms with van der Waals surface area (Å²) in [6, 6.07) is 0. The molecule has 0 aromatic rings. The molecule has 0 aromatic carbocycles. The quantitative estimate of drug-likeness (QED) is 0.478.